The Morgan fingerprint density at radius 3 is 2.50 bits per heavy atom. The number of nitrogens with one attached hydrogen (secondary N) is 1. The van der Waals surface area contributed by atoms with Crippen molar-refractivity contribution in [2.75, 3.05) is 5.32 Å². The number of carbonyl (C=O) groups is 2. The third kappa shape index (κ3) is 2.61. The lowest BCUT2D eigenvalue weighted by Gasteiger charge is -2.05. The standard InChI is InChI=1S/C17H12ClFN2O3/c1-9(22)21-14-8-13(19)12(18)7-11(14)15(17(21)24)16(23)20-10-5-3-2-4-6-10/h2-8,24H,1H3,(H,20,23). The Morgan fingerprint density at radius 2 is 1.88 bits per heavy atom. The monoisotopic (exact) mass is 346 g/mol. The smallest absolute Gasteiger partial charge is 0.261 e. The number of aromatic nitrogens is 1. The van der Waals surface area contributed by atoms with E-state index in [0.29, 0.717) is 5.69 Å². The van der Waals surface area contributed by atoms with Gasteiger partial charge in [0.15, 0.2) is 0 Å². The van der Waals surface area contributed by atoms with Gasteiger partial charge in [0, 0.05) is 24.1 Å². The molecule has 5 nitrogen and oxygen atoms in total. The van der Waals surface area contributed by atoms with Crippen LogP contribution < -0.4 is 5.32 Å². The Morgan fingerprint density at radius 1 is 1.21 bits per heavy atom. The molecule has 1 aromatic heterocycles. The second-order valence-corrected chi connectivity index (χ2v) is 5.56. The van der Waals surface area contributed by atoms with Gasteiger partial charge in [0.1, 0.15) is 11.4 Å². The Labute approximate surface area is 141 Å². The van der Waals surface area contributed by atoms with Crippen LogP contribution in [-0.4, -0.2) is 21.5 Å². The van der Waals surface area contributed by atoms with Gasteiger partial charge in [0.2, 0.25) is 11.8 Å². The van der Waals surface area contributed by atoms with Crippen molar-refractivity contribution in [2.45, 2.75) is 6.92 Å². The normalized spacial score (nSPS) is 10.8. The molecule has 0 fully saturated rings. The number of nitrogens with zero attached hydrogens (tertiary/aromatic N) is 1. The first-order chi connectivity index (χ1) is 11.4. The lowest BCUT2D eigenvalue weighted by atomic mass is 10.1. The SMILES string of the molecule is CC(=O)n1c(O)c(C(=O)Nc2ccccc2)c2cc(Cl)c(F)cc21. The molecular formula is C17H12ClFN2O3. The Hall–Kier alpha value is -2.86. The second kappa shape index (κ2) is 5.98. The molecule has 0 saturated carbocycles. The highest BCUT2D eigenvalue weighted by molar-refractivity contribution is 6.32. The summed E-state index contributed by atoms with van der Waals surface area (Å²) in [5, 5.41) is 12.9. The maximum atomic E-state index is 13.7. The van der Waals surface area contributed by atoms with Crippen molar-refractivity contribution in [3.63, 3.8) is 0 Å². The molecule has 3 rings (SSSR count). The summed E-state index contributed by atoms with van der Waals surface area (Å²) in [4.78, 5) is 24.3. The van der Waals surface area contributed by atoms with Crippen LogP contribution in [0.5, 0.6) is 5.88 Å². The van der Waals surface area contributed by atoms with Crippen LogP contribution in [0.4, 0.5) is 10.1 Å². The maximum absolute atomic E-state index is 13.7. The summed E-state index contributed by atoms with van der Waals surface area (Å²) in [5.41, 5.74) is 0.435. The highest BCUT2D eigenvalue weighted by atomic mass is 35.5. The van der Waals surface area contributed by atoms with Crippen LogP contribution in [0.3, 0.4) is 0 Å². The number of para-hydroxylation sites is 1. The van der Waals surface area contributed by atoms with Gasteiger partial charge in [0.05, 0.1) is 10.5 Å². The first-order valence-electron chi connectivity index (χ1n) is 7.00. The molecule has 0 bridgehead atoms. The van der Waals surface area contributed by atoms with E-state index in [4.69, 9.17) is 11.6 Å². The molecule has 0 radical (unpaired) electrons. The van der Waals surface area contributed by atoms with Crippen molar-refractivity contribution in [1.82, 2.24) is 4.57 Å². The second-order valence-electron chi connectivity index (χ2n) is 5.16. The van der Waals surface area contributed by atoms with Crippen LogP contribution >= 0.6 is 11.6 Å². The van der Waals surface area contributed by atoms with E-state index in [9.17, 15) is 19.1 Å². The van der Waals surface area contributed by atoms with Crippen LogP contribution in [0, 0.1) is 5.82 Å². The molecule has 0 aliphatic heterocycles. The number of anilines is 1. The number of fused-ring (bicyclic) bond motifs is 1. The van der Waals surface area contributed by atoms with Crippen LogP contribution in [0.15, 0.2) is 42.5 Å². The summed E-state index contributed by atoms with van der Waals surface area (Å²) >= 11 is 5.78. The third-order valence-electron chi connectivity index (χ3n) is 3.56. The summed E-state index contributed by atoms with van der Waals surface area (Å²) in [5.74, 6) is -2.50. The van der Waals surface area contributed by atoms with Crippen molar-refractivity contribution in [3.8, 4) is 5.88 Å². The number of aromatic hydroxyl groups is 1. The molecule has 2 aromatic carbocycles. The lowest BCUT2D eigenvalue weighted by Crippen LogP contribution is -2.12. The largest absolute Gasteiger partial charge is 0.494 e. The quantitative estimate of drug-likeness (QED) is 0.735. The minimum absolute atomic E-state index is 0.0695. The molecule has 3 aromatic rings. The van der Waals surface area contributed by atoms with E-state index < -0.39 is 23.5 Å². The number of hydrogen-bond donors (Lipinski definition) is 2. The fourth-order valence-corrected chi connectivity index (χ4v) is 2.69. The van der Waals surface area contributed by atoms with Gasteiger partial charge in [-0.15, -0.1) is 0 Å². The highest BCUT2D eigenvalue weighted by Crippen LogP contribution is 2.34. The molecule has 1 amide bonds. The molecule has 1 heterocycles. The first-order valence-corrected chi connectivity index (χ1v) is 7.37. The van der Waals surface area contributed by atoms with Crippen molar-refractivity contribution in [1.29, 1.82) is 0 Å². The van der Waals surface area contributed by atoms with Crippen LogP contribution in [0.25, 0.3) is 10.9 Å². The molecule has 0 unspecified atom stereocenters. The number of benzene rings is 2. The molecule has 7 heteroatoms. The summed E-state index contributed by atoms with van der Waals surface area (Å²) in [6, 6.07) is 10.8. The van der Waals surface area contributed by atoms with E-state index in [2.05, 4.69) is 5.32 Å². The van der Waals surface area contributed by atoms with Crippen LogP contribution in [-0.2, 0) is 0 Å². The molecule has 0 aliphatic carbocycles. The number of hydrogen-bond acceptors (Lipinski definition) is 3. The number of amides is 1. The molecule has 0 atom stereocenters. The minimum Gasteiger partial charge on any atom is -0.494 e. The summed E-state index contributed by atoms with van der Waals surface area (Å²) < 4.78 is 14.6. The Kier molecular flexibility index (Phi) is 3.99. The summed E-state index contributed by atoms with van der Waals surface area (Å²) in [6.07, 6.45) is 0. The molecule has 122 valence electrons. The van der Waals surface area contributed by atoms with Crippen LogP contribution in [0.1, 0.15) is 22.1 Å². The summed E-state index contributed by atoms with van der Waals surface area (Å²) in [6.45, 7) is 1.20. The van der Waals surface area contributed by atoms with Crippen molar-refractivity contribution in [2.24, 2.45) is 0 Å². The van der Waals surface area contributed by atoms with E-state index in [1.165, 1.54) is 13.0 Å². The van der Waals surface area contributed by atoms with E-state index >= 15 is 0 Å². The zero-order chi connectivity index (χ0) is 17.4. The van der Waals surface area contributed by atoms with Crippen molar-refractivity contribution >= 4 is 40.0 Å². The average Bonchev–Trinajstić information content (AvgIpc) is 2.80. The van der Waals surface area contributed by atoms with Crippen molar-refractivity contribution in [3.05, 3.63) is 58.9 Å². The van der Waals surface area contributed by atoms with Gasteiger partial charge in [-0.3, -0.25) is 9.59 Å². The third-order valence-corrected chi connectivity index (χ3v) is 3.85. The first kappa shape index (κ1) is 16.0. The fourth-order valence-electron chi connectivity index (χ4n) is 2.53. The predicted octanol–water partition coefficient (Wildman–Crippen LogP) is 4.05. The van der Waals surface area contributed by atoms with E-state index in [1.54, 1.807) is 30.3 Å². The van der Waals surface area contributed by atoms with Gasteiger partial charge in [-0.1, -0.05) is 29.8 Å². The zero-order valence-corrected chi connectivity index (χ0v) is 13.3. The van der Waals surface area contributed by atoms with Gasteiger partial charge < -0.3 is 10.4 Å². The van der Waals surface area contributed by atoms with Gasteiger partial charge in [-0.25, -0.2) is 8.96 Å². The topological polar surface area (TPSA) is 71.3 Å². The summed E-state index contributed by atoms with van der Waals surface area (Å²) in [7, 11) is 0. The van der Waals surface area contributed by atoms with Gasteiger partial charge in [-0.2, -0.15) is 0 Å². The molecule has 24 heavy (non-hydrogen) atoms. The fraction of sp³-hybridized carbons (Fsp3) is 0.0588. The average molecular weight is 347 g/mol. The minimum atomic E-state index is -0.751. The molecule has 2 N–H and O–H groups in total. The Balaban J connectivity index is 2.20. The van der Waals surface area contributed by atoms with Gasteiger partial charge >= 0.3 is 0 Å². The lowest BCUT2D eigenvalue weighted by molar-refractivity contribution is 0.0933. The molecule has 0 aliphatic rings. The Bertz CT molecular complexity index is 967. The number of rotatable bonds is 2. The maximum Gasteiger partial charge on any atom is 0.261 e. The van der Waals surface area contributed by atoms with E-state index in [1.807, 2.05) is 0 Å². The predicted molar refractivity (Wildman–Crippen MR) is 89.3 cm³/mol. The highest BCUT2D eigenvalue weighted by Gasteiger charge is 2.25. The number of carbonyl (C=O) groups excluding carboxylic acids is 2. The van der Waals surface area contributed by atoms with Crippen LogP contribution in [0.2, 0.25) is 5.02 Å². The molecular weight excluding hydrogens is 335 g/mol. The van der Waals surface area contributed by atoms with E-state index in [0.717, 1.165) is 10.6 Å². The van der Waals surface area contributed by atoms with Gasteiger partial charge in [0.25, 0.3) is 5.91 Å². The van der Waals surface area contributed by atoms with Gasteiger partial charge in [-0.05, 0) is 18.2 Å². The zero-order valence-electron chi connectivity index (χ0n) is 12.5. The van der Waals surface area contributed by atoms with Crippen molar-refractivity contribution < 1.29 is 19.1 Å². The molecule has 0 saturated heterocycles. The molecule has 0 spiro atoms. The number of halogens is 2. The van der Waals surface area contributed by atoms with E-state index in [-0.39, 0.29) is 21.5 Å².